The molecule has 0 spiro atoms. The molecule has 1 saturated carbocycles. The predicted molar refractivity (Wildman–Crippen MR) is 58.4 cm³/mol. The molecule has 0 radical (unpaired) electrons. The summed E-state index contributed by atoms with van der Waals surface area (Å²) >= 11 is 0. The first kappa shape index (κ1) is 11.1. The van der Waals surface area contributed by atoms with Gasteiger partial charge < -0.3 is 19.3 Å². The van der Waals surface area contributed by atoms with E-state index in [1.54, 1.807) is 7.11 Å². The molecule has 6 nitrogen and oxygen atoms in total. The maximum absolute atomic E-state index is 5.52. The Bertz CT molecular complexity index is 378. The highest BCUT2D eigenvalue weighted by Gasteiger charge is 2.43. The van der Waals surface area contributed by atoms with E-state index in [1.165, 1.54) is 0 Å². The summed E-state index contributed by atoms with van der Waals surface area (Å²) in [6.45, 7) is 2.14. The molecular weight excluding hydrogens is 222 g/mol. The lowest BCUT2D eigenvalue weighted by Crippen LogP contribution is -2.38. The predicted octanol–water partition coefficient (Wildman–Crippen LogP) is 0.756. The summed E-state index contributed by atoms with van der Waals surface area (Å²) in [4.78, 5) is 4.45. The van der Waals surface area contributed by atoms with E-state index < -0.39 is 0 Å². The summed E-state index contributed by atoms with van der Waals surface area (Å²) in [5, 5.41) is 7.34. The van der Waals surface area contributed by atoms with Crippen LogP contribution in [0.1, 0.15) is 37.0 Å². The Morgan fingerprint density at radius 2 is 2.35 bits per heavy atom. The second kappa shape index (κ2) is 4.36. The van der Waals surface area contributed by atoms with Crippen molar-refractivity contribution in [2.75, 3.05) is 26.9 Å². The molecule has 1 saturated heterocycles. The number of ether oxygens (including phenoxy) is 2. The summed E-state index contributed by atoms with van der Waals surface area (Å²) < 4.78 is 16.2. The van der Waals surface area contributed by atoms with Gasteiger partial charge in [-0.25, -0.2) is 0 Å². The number of methoxy groups -OCH3 is 1. The molecule has 2 aliphatic rings. The fraction of sp³-hybridized carbons (Fsp3) is 0.818. The molecule has 1 aliphatic carbocycles. The van der Waals surface area contributed by atoms with Crippen LogP contribution in [-0.2, 0) is 15.1 Å². The van der Waals surface area contributed by atoms with E-state index >= 15 is 0 Å². The third-order valence-corrected chi connectivity index (χ3v) is 3.62. The highest BCUT2D eigenvalue weighted by atomic mass is 16.5. The van der Waals surface area contributed by atoms with Crippen LogP contribution in [0.4, 0.5) is 0 Å². The Kier molecular flexibility index (Phi) is 2.85. The zero-order valence-corrected chi connectivity index (χ0v) is 9.94. The molecular formula is C11H17N3O3. The minimum Gasteiger partial charge on any atom is -0.378 e. The molecule has 2 heterocycles. The van der Waals surface area contributed by atoms with Crippen molar-refractivity contribution in [3.8, 4) is 0 Å². The van der Waals surface area contributed by atoms with E-state index in [0.29, 0.717) is 18.3 Å². The Balaban J connectivity index is 1.77. The number of aromatic nitrogens is 2. The van der Waals surface area contributed by atoms with Gasteiger partial charge in [-0.05, 0) is 19.3 Å². The summed E-state index contributed by atoms with van der Waals surface area (Å²) in [7, 11) is 1.71. The second-order valence-corrected chi connectivity index (χ2v) is 4.59. The Labute approximate surface area is 99.7 Å². The quantitative estimate of drug-likeness (QED) is 0.839. The van der Waals surface area contributed by atoms with Gasteiger partial charge in [-0.2, -0.15) is 4.98 Å². The van der Waals surface area contributed by atoms with Gasteiger partial charge in [0.15, 0.2) is 0 Å². The summed E-state index contributed by atoms with van der Waals surface area (Å²) in [5.74, 6) is 1.27. The van der Waals surface area contributed by atoms with Crippen LogP contribution in [-0.4, -0.2) is 37.0 Å². The van der Waals surface area contributed by atoms with Gasteiger partial charge in [0.2, 0.25) is 11.7 Å². The van der Waals surface area contributed by atoms with Crippen molar-refractivity contribution in [3.63, 3.8) is 0 Å². The normalized spacial score (nSPS) is 27.7. The van der Waals surface area contributed by atoms with Crippen molar-refractivity contribution < 1.29 is 14.0 Å². The molecule has 1 unspecified atom stereocenters. The van der Waals surface area contributed by atoms with Crippen LogP contribution in [0.3, 0.4) is 0 Å². The molecule has 1 aliphatic heterocycles. The van der Waals surface area contributed by atoms with E-state index in [0.717, 1.165) is 32.4 Å². The molecule has 0 bridgehead atoms. The van der Waals surface area contributed by atoms with Crippen molar-refractivity contribution >= 4 is 0 Å². The van der Waals surface area contributed by atoms with E-state index in [1.807, 2.05) is 0 Å². The van der Waals surface area contributed by atoms with Gasteiger partial charge in [-0.3, -0.25) is 0 Å². The minimum atomic E-state index is -0.308. The SMILES string of the molecule is COC1(c2noc(C3COCCN3)n2)CCC1. The number of rotatable bonds is 3. The van der Waals surface area contributed by atoms with E-state index in [-0.39, 0.29) is 11.6 Å². The van der Waals surface area contributed by atoms with Crippen LogP contribution >= 0.6 is 0 Å². The van der Waals surface area contributed by atoms with Gasteiger partial charge in [0.1, 0.15) is 11.6 Å². The fourth-order valence-corrected chi connectivity index (χ4v) is 2.30. The topological polar surface area (TPSA) is 69.4 Å². The highest BCUT2D eigenvalue weighted by molar-refractivity contribution is 5.08. The zero-order valence-electron chi connectivity index (χ0n) is 9.94. The lowest BCUT2D eigenvalue weighted by molar-refractivity contribution is -0.0858. The average molecular weight is 239 g/mol. The third-order valence-electron chi connectivity index (χ3n) is 3.62. The smallest absolute Gasteiger partial charge is 0.246 e. The Morgan fingerprint density at radius 3 is 2.94 bits per heavy atom. The van der Waals surface area contributed by atoms with E-state index in [2.05, 4.69) is 15.5 Å². The van der Waals surface area contributed by atoms with Crippen molar-refractivity contribution in [1.29, 1.82) is 0 Å². The molecule has 1 aromatic heterocycles. The maximum atomic E-state index is 5.52. The standard InChI is InChI=1S/C11H17N3O3/c1-15-11(3-2-4-11)10-13-9(17-14-10)8-7-16-6-5-12-8/h8,12H,2-7H2,1H3. The van der Waals surface area contributed by atoms with Gasteiger partial charge in [-0.15, -0.1) is 0 Å². The monoisotopic (exact) mass is 239 g/mol. The molecule has 1 atom stereocenters. The second-order valence-electron chi connectivity index (χ2n) is 4.59. The fourth-order valence-electron chi connectivity index (χ4n) is 2.30. The number of hydrogen-bond donors (Lipinski definition) is 1. The van der Waals surface area contributed by atoms with Crippen molar-refractivity contribution in [1.82, 2.24) is 15.5 Å². The Hall–Kier alpha value is -0.980. The van der Waals surface area contributed by atoms with Crippen molar-refractivity contribution in [2.24, 2.45) is 0 Å². The van der Waals surface area contributed by atoms with Gasteiger partial charge >= 0.3 is 0 Å². The van der Waals surface area contributed by atoms with Gasteiger partial charge in [0, 0.05) is 13.7 Å². The highest BCUT2D eigenvalue weighted by Crippen LogP contribution is 2.42. The van der Waals surface area contributed by atoms with Crippen LogP contribution in [0.5, 0.6) is 0 Å². The molecule has 17 heavy (non-hydrogen) atoms. The van der Waals surface area contributed by atoms with Crippen LogP contribution < -0.4 is 5.32 Å². The van der Waals surface area contributed by atoms with E-state index in [9.17, 15) is 0 Å². The summed E-state index contributed by atoms with van der Waals surface area (Å²) in [6, 6.07) is 0.0129. The van der Waals surface area contributed by atoms with Crippen molar-refractivity contribution in [2.45, 2.75) is 30.9 Å². The van der Waals surface area contributed by atoms with Crippen LogP contribution in [0.15, 0.2) is 4.52 Å². The van der Waals surface area contributed by atoms with E-state index in [4.69, 9.17) is 14.0 Å². The molecule has 94 valence electrons. The first-order chi connectivity index (χ1) is 8.34. The molecule has 0 amide bonds. The molecule has 1 aromatic rings. The number of hydrogen-bond acceptors (Lipinski definition) is 6. The minimum absolute atomic E-state index is 0.0129. The average Bonchev–Trinajstić information content (AvgIpc) is 2.80. The summed E-state index contributed by atoms with van der Waals surface area (Å²) in [5.41, 5.74) is -0.308. The third kappa shape index (κ3) is 1.86. The van der Waals surface area contributed by atoms with Crippen LogP contribution in [0.25, 0.3) is 0 Å². The lowest BCUT2D eigenvalue weighted by Gasteiger charge is -2.37. The lowest BCUT2D eigenvalue weighted by atomic mass is 9.79. The van der Waals surface area contributed by atoms with Gasteiger partial charge in [0.05, 0.1) is 13.2 Å². The maximum Gasteiger partial charge on any atom is 0.246 e. The van der Waals surface area contributed by atoms with Gasteiger partial charge in [-0.1, -0.05) is 5.16 Å². The van der Waals surface area contributed by atoms with Crippen LogP contribution in [0, 0.1) is 0 Å². The molecule has 3 rings (SSSR count). The largest absolute Gasteiger partial charge is 0.378 e. The van der Waals surface area contributed by atoms with Gasteiger partial charge in [0.25, 0.3) is 0 Å². The zero-order chi connectivity index (χ0) is 11.7. The first-order valence-electron chi connectivity index (χ1n) is 6.04. The number of nitrogens with one attached hydrogen (secondary N) is 1. The Morgan fingerprint density at radius 1 is 1.47 bits per heavy atom. The number of morpholine rings is 1. The van der Waals surface area contributed by atoms with Crippen molar-refractivity contribution in [3.05, 3.63) is 11.7 Å². The number of nitrogens with zero attached hydrogens (tertiary/aromatic N) is 2. The molecule has 6 heteroatoms. The molecule has 1 N–H and O–H groups in total. The molecule has 2 fully saturated rings. The molecule has 0 aromatic carbocycles. The van der Waals surface area contributed by atoms with Crippen LogP contribution in [0.2, 0.25) is 0 Å². The first-order valence-corrected chi connectivity index (χ1v) is 6.04. The summed E-state index contributed by atoms with van der Waals surface area (Å²) in [6.07, 6.45) is 3.09.